The number of aryl methyl sites for hydroxylation is 2. The molecule has 0 radical (unpaired) electrons. The van der Waals surface area contributed by atoms with E-state index in [0.717, 1.165) is 57.2 Å². The topological polar surface area (TPSA) is 63.5 Å². The summed E-state index contributed by atoms with van der Waals surface area (Å²) in [5, 5.41) is 11.4. The molecule has 7 heteroatoms. The molecule has 1 atom stereocenters. The number of hydrogen-bond donors (Lipinski definition) is 2. The molecule has 168 valence electrons. The van der Waals surface area contributed by atoms with Crippen LogP contribution in [0, 0.1) is 13.8 Å². The highest BCUT2D eigenvalue weighted by Gasteiger charge is 2.13. The molecular formula is C23H38IN5O. The number of guanidine groups is 1. The third-order valence-electron chi connectivity index (χ3n) is 4.99. The van der Waals surface area contributed by atoms with Crippen LogP contribution in [0.4, 0.5) is 0 Å². The number of aromatic nitrogens is 2. The lowest BCUT2D eigenvalue weighted by Gasteiger charge is -2.18. The van der Waals surface area contributed by atoms with E-state index in [4.69, 9.17) is 9.73 Å². The van der Waals surface area contributed by atoms with Gasteiger partial charge in [0.15, 0.2) is 5.96 Å². The third kappa shape index (κ3) is 9.04. The second-order valence-electron chi connectivity index (χ2n) is 7.48. The molecule has 30 heavy (non-hydrogen) atoms. The molecule has 6 nitrogen and oxygen atoms in total. The Kier molecular flexibility index (Phi) is 12.7. The smallest absolute Gasteiger partial charge is 0.191 e. The maximum Gasteiger partial charge on any atom is 0.191 e. The van der Waals surface area contributed by atoms with Crippen molar-refractivity contribution in [3.63, 3.8) is 0 Å². The summed E-state index contributed by atoms with van der Waals surface area (Å²) in [6.45, 7) is 11.6. The fraction of sp³-hybridized carbons (Fsp3) is 0.565. The molecule has 0 bridgehead atoms. The Hall–Kier alpha value is -1.61. The molecule has 0 aliphatic heterocycles. The molecule has 1 aromatic carbocycles. The predicted octanol–water partition coefficient (Wildman–Crippen LogP) is 3.79. The van der Waals surface area contributed by atoms with Gasteiger partial charge in [0.1, 0.15) is 0 Å². The van der Waals surface area contributed by atoms with Crippen molar-refractivity contribution in [2.45, 2.75) is 53.0 Å². The maximum atomic E-state index is 5.75. The lowest BCUT2D eigenvalue weighted by atomic mass is 10.1. The minimum Gasteiger partial charge on any atom is -0.381 e. The molecule has 1 aromatic heterocycles. The van der Waals surface area contributed by atoms with E-state index < -0.39 is 0 Å². The molecule has 0 amide bonds. The first-order valence-corrected chi connectivity index (χ1v) is 10.7. The Labute approximate surface area is 198 Å². The molecular weight excluding hydrogens is 489 g/mol. The standard InChI is InChI=1S/C23H37N5O.HI/c1-6-24-23(26-18(2)17-22-19(3)27-28(5)20(22)4)25-14-10-15-29-16-13-21-11-8-7-9-12-21;/h7-9,11-12,18H,6,10,13-17H2,1-5H3,(H2,24,25,26);1H. The molecule has 0 spiro atoms. The van der Waals surface area contributed by atoms with Crippen molar-refractivity contribution < 1.29 is 4.74 Å². The van der Waals surface area contributed by atoms with E-state index in [1.165, 1.54) is 16.8 Å². The molecule has 0 aliphatic rings. The van der Waals surface area contributed by atoms with Crippen molar-refractivity contribution in [3.05, 3.63) is 52.8 Å². The number of rotatable bonds is 11. The van der Waals surface area contributed by atoms with Crippen LogP contribution < -0.4 is 10.6 Å². The Morgan fingerprint density at radius 2 is 1.93 bits per heavy atom. The SMILES string of the molecule is CCNC(=NCCCOCCc1ccccc1)NC(C)Cc1c(C)nn(C)c1C.I. The van der Waals surface area contributed by atoms with Crippen molar-refractivity contribution >= 4 is 29.9 Å². The van der Waals surface area contributed by atoms with Crippen LogP contribution in [0.15, 0.2) is 35.3 Å². The van der Waals surface area contributed by atoms with Crippen LogP contribution in [0.3, 0.4) is 0 Å². The molecule has 0 aliphatic carbocycles. The lowest BCUT2D eigenvalue weighted by molar-refractivity contribution is 0.136. The van der Waals surface area contributed by atoms with Gasteiger partial charge in [0.2, 0.25) is 0 Å². The second-order valence-corrected chi connectivity index (χ2v) is 7.48. The zero-order valence-corrected chi connectivity index (χ0v) is 21.4. The first kappa shape index (κ1) is 26.4. The van der Waals surface area contributed by atoms with Crippen molar-refractivity contribution in [1.82, 2.24) is 20.4 Å². The minimum atomic E-state index is 0. The van der Waals surface area contributed by atoms with Gasteiger partial charge >= 0.3 is 0 Å². The van der Waals surface area contributed by atoms with Crippen LogP contribution >= 0.6 is 24.0 Å². The van der Waals surface area contributed by atoms with Crippen LogP contribution in [0.1, 0.15) is 42.8 Å². The van der Waals surface area contributed by atoms with Gasteiger partial charge in [-0.25, -0.2) is 0 Å². The lowest BCUT2D eigenvalue weighted by Crippen LogP contribution is -2.43. The molecule has 1 unspecified atom stereocenters. The van der Waals surface area contributed by atoms with E-state index in [9.17, 15) is 0 Å². The number of ether oxygens (including phenoxy) is 1. The van der Waals surface area contributed by atoms with Gasteiger partial charge in [-0.05, 0) is 58.1 Å². The molecule has 2 N–H and O–H groups in total. The largest absolute Gasteiger partial charge is 0.381 e. The van der Waals surface area contributed by atoms with Crippen molar-refractivity contribution in [1.29, 1.82) is 0 Å². The Morgan fingerprint density at radius 3 is 2.57 bits per heavy atom. The predicted molar refractivity (Wildman–Crippen MR) is 136 cm³/mol. The number of halogens is 1. The monoisotopic (exact) mass is 527 g/mol. The summed E-state index contributed by atoms with van der Waals surface area (Å²) >= 11 is 0. The van der Waals surface area contributed by atoms with E-state index in [2.05, 4.69) is 67.7 Å². The number of hydrogen-bond acceptors (Lipinski definition) is 3. The Morgan fingerprint density at radius 1 is 1.20 bits per heavy atom. The van der Waals surface area contributed by atoms with Crippen LogP contribution in [-0.2, 0) is 24.6 Å². The Balaban J connectivity index is 0.00000450. The average molecular weight is 527 g/mol. The maximum absolute atomic E-state index is 5.75. The normalized spacial score (nSPS) is 12.4. The van der Waals surface area contributed by atoms with Gasteiger partial charge < -0.3 is 15.4 Å². The fourth-order valence-corrected chi connectivity index (χ4v) is 3.32. The van der Waals surface area contributed by atoms with Crippen LogP contribution in [0.2, 0.25) is 0 Å². The van der Waals surface area contributed by atoms with Crippen molar-refractivity contribution in [2.75, 3.05) is 26.3 Å². The quantitative estimate of drug-likeness (QED) is 0.202. The summed E-state index contributed by atoms with van der Waals surface area (Å²) in [6.07, 6.45) is 2.80. The minimum absolute atomic E-state index is 0. The molecule has 2 aromatic rings. The van der Waals surface area contributed by atoms with Crippen LogP contribution in [-0.4, -0.2) is 48.1 Å². The molecule has 0 saturated carbocycles. The summed E-state index contributed by atoms with van der Waals surface area (Å²) in [4.78, 5) is 4.69. The van der Waals surface area contributed by atoms with E-state index in [-0.39, 0.29) is 30.0 Å². The van der Waals surface area contributed by atoms with Gasteiger partial charge in [-0.3, -0.25) is 9.67 Å². The number of nitrogens with zero attached hydrogens (tertiary/aromatic N) is 3. The average Bonchev–Trinajstić information content (AvgIpc) is 2.94. The summed E-state index contributed by atoms with van der Waals surface area (Å²) < 4.78 is 7.70. The number of benzene rings is 1. The van der Waals surface area contributed by atoms with E-state index >= 15 is 0 Å². The van der Waals surface area contributed by atoms with Gasteiger partial charge in [-0.15, -0.1) is 24.0 Å². The van der Waals surface area contributed by atoms with Gasteiger partial charge in [0.25, 0.3) is 0 Å². The molecule has 1 heterocycles. The molecule has 0 saturated heterocycles. The summed E-state index contributed by atoms with van der Waals surface area (Å²) in [6, 6.07) is 10.7. The van der Waals surface area contributed by atoms with E-state index in [0.29, 0.717) is 0 Å². The van der Waals surface area contributed by atoms with Crippen molar-refractivity contribution in [3.8, 4) is 0 Å². The fourth-order valence-electron chi connectivity index (χ4n) is 3.32. The van der Waals surface area contributed by atoms with Crippen molar-refractivity contribution in [2.24, 2.45) is 12.0 Å². The van der Waals surface area contributed by atoms with Gasteiger partial charge in [-0.1, -0.05) is 30.3 Å². The zero-order chi connectivity index (χ0) is 21.1. The highest BCUT2D eigenvalue weighted by molar-refractivity contribution is 14.0. The van der Waals surface area contributed by atoms with Crippen LogP contribution in [0.5, 0.6) is 0 Å². The number of nitrogens with one attached hydrogen (secondary N) is 2. The summed E-state index contributed by atoms with van der Waals surface area (Å²) in [7, 11) is 2.00. The zero-order valence-electron chi connectivity index (χ0n) is 19.1. The molecule has 0 fully saturated rings. The van der Waals surface area contributed by atoms with Gasteiger partial charge in [-0.2, -0.15) is 5.10 Å². The van der Waals surface area contributed by atoms with E-state index in [1.54, 1.807) is 0 Å². The Bertz CT molecular complexity index is 760. The van der Waals surface area contributed by atoms with Crippen LogP contribution in [0.25, 0.3) is 0 Å². The summed E-state index contributed by atoms with van der Waals surface area (Å²) in [5.74, 6) is 0.864. The summed E-state index contributed by atoms with van der Waals surface area (Å²) in [5.41, 5.74) is 4.96. The first-order chi connectivity index (χ1) is 14.0. The highest BCUT2D eigenvalue weighted by atomic mass is 127. The second kappa shape index (κ2) is 14.4. The molecule has 2 rings (SSSR count). The van der Waals surface area contributed by atoms with Gasteiger partial charge in [0.05, 0.1) is 12.3 Å². The van der Waals surface area contributed by atoms with E-state index in [1.807, 2.05) is 17.8 Å². The highest BCUT2D eigenvalue weighted by Crippen LogP contribution is 2.14. The third-order valence-corrected chi connectivity index (χ3v) is 4.99. The van der Waals surface area contributed by atoms with Gasteiger partial charge in [0, 0.05) is 38.5 Å². The number of aliphatic imine (C=N–C) groups is 1. The first-order valence-electron chi connectivity index (χ1n) is 10.7.